The fourth-order valence-corrected chi connectivity index (χ4v) is 2.85. The van der Waals surface area contributed by atoms with Crippen molar-refractivity contribution >= 4 is 5.97 Å². The minimum absolute atomic E-state index is 0.192. The van der Waals surface area contributed by atoms with Gasteiger partial charge in [-0.1, -0.05) is 6.07 Å². The Labute approximate surface area is 107 Å². The maximum atomic E-state index is 11.5. The van der Waals surface area contributed by atoms with Crippen LogP contribution in [0.5, 0.6) is 0 Å². The van der Waals surface area contributed by atoms with E-state index in [0.29, 0.717) is 18.7 Å². The molecule has 0 spiro atoms. The average molecular weight is 246 g/mol. The maximum absolute atomic E-state index is 11.5. The zero-order valence-corrected chi connectivity index (χ0v) is 10.7. The van der Waals surface area contributed by atoms with Crippen LogP contribution in [0.1, 0.15) is 40.0 Å². The normalized spacial score (nSPS) is 26.9. The number of benzene rings is 1. The predicted octanol–water partition coefficient (Wildman–Crippen LogP) is 1.29. The molecule has 18 heavy (non-hydrogen) atoms. The van der Waals surface area contributed by atoms with Gasteiger partial charge in [0.2, 0.25) is 0 Å². The Bertz CT molecular complexity index is 499. The lowest BCUT2D eigenvalue weighted by molar-refractivity contribution is 0.0535. The van der Waals surface area contributed by atoms with Crippen LogP contribution >= 0.6 is 0 Å². The number of hydrogen-bond acceptors (Lipinski definition) is 4. The Morgan fingerprint density at radius 1 is 1.33 bits per heavy atom. The highest BCUT2D eigenvalue weighted by Crippen LogP contribution is 2.29. The number of fused-ring (bicyclic) bond motifs is 1. The van der Waals surface area contributed by atoms with Crippen LogP contribution in [-0.2, 0) is 11.3 Å². The van der Waals surface area contributed by atoms with Gasteiger partial charge in [0.15, 0.2) is 0 Å². The Hall–Kier alpha value is -1.39. The van der Waals surface area contributed by atoms with E-state index in [4.69, 9.17) is 4.74 Å². The zero-order valence-electron chi connectivity index (χ0n) is 10.7. The molecule has 0 aliphatic carbocycles. The second-order valence-corrected chi connectivity index (χ2v) is 5.16. The standard InChI is InChI=1S/C14H18N2O2/c1-8-5-15-6-13(16-8)10-3-4-11-12(9(10)2)7-18-14(11)17/h3-4,8,13,15-16H,5-7H2,1-2H3. The summed E-state index contributed by atoms with van der Waals surface area (Å²) in [5.74, 6) is -0.192. The van der Waals surface area contributed by atoms with Gasteiger partial charge in [-0.05, 0) is 31.0 Å². The van der Waals surface area contributed by atoms with Crippen molar-refractivity contribution in [2.45, 2.75) is 32.5 Å². The molecule has 4 heteroatoms. The van der Waals surface area contributed by atoms with Gasteiger partial charge in [0.25, 0.3) is 0 Å². The summed E-state index contributed by atoms with van der Waals surface area (Å²) in [5.41, 5.74) is 4.24. The molecule has 0 saturated carbocycles. The molecule has 2 heterocycles. The van der Waals surface area contributed by atoms with Gasteiger partial charge in [-0.3, -0.25) is 0 Å². The first-order chi connectivity index (χ1) is 8.66. The SMILES string of the molecule is Cc1c(C2CNCC(C)N2)ccc2c1COC2=O. The second kappa shape index (κ2) is 4.37. The van der Waals surface area contributed by atoms with Gasteiger partial charge in [-0.2, -0.15) is 0 Å². The second-order valence-electron chi connectivity index (χ2n) is 5.16. The van der Waals surface area contributed by atoms with Gasteiger partial charge in [0, 0.05) is 30.7 Å². The highest BCUT2D eigenvalue weighted by molar-refractivity contribution is 5.93. The molecule has 0 amide bonds. The van der Waals surface area contributed by atoms with Gasteiger partial charge in [0.1, 0.15) is 6.61 Å². The van der Waals surface area contributed by atoms with Crippen molar-refractivity contribution < 1.29 is 9.53 Å². The number of cyclic esters (lactones) is 1. The van der Waals surface area contributed by atoms with Crippen LogP contribution in [0.3, 0.4) is 0 Å². The molecule has 2 N–H and O–H groups in total. The lowest BCUT2D eigenvalue weighted by atomic mass is 9.93. The first-order valence-corrected chi connectivity index (χ1v) is 6.43. The Morgan fingerprint density at radius 2 is 2.17 bits per heavy atom. The molecule has 2 aliphatic heterocycles. The largest absolute Gasteiger partial charge is 0.457 e. The van der Waals surface area contributed by atoms with Crippen LogP contribution in [0.4, 0.5) is 0 Å². The van der Waals surface area contributed by atoms with E-state index in [9.17, 15) is 4.79 Å². The molecule has 0 bridgehead atoms. The van der Waals surface area contributed by atoms with E-state index < -0.39 is 0 Å². The molecule has 1 fully saturated rings. The molecular formula is C14H18N2O2. The van der Waals surface area contributed by atoms with E-state index in [1.54, 1.807) is 0 Å². The third-order valence-corrected chi connectivity index (χ3v) is 3.87. The third kappa shape index (κ3) is 1.82. The quantitative estimate of drug-likeness (QED) is 0.733. The number of esters is 1. The Balaban J connectivity index is 1.96. The van der Waals surface area contributed by atoms with Crippen molar-refractivity contribution in [3.8, 4) is 0 Å². The Kier molecular flexibility index (Phi) is 2.84. The third-order valence-electron chi connectivity index (χ3n) is 3.87. The molecule has 1 aromatic carbocycles. The number of nitrogens with one attached hydrogen (secondary N) is 2. The first kappa shape index (κ1) is 11.7. The molecule has 4 nitrogen and oxygen atoms in total. The highest BCUT2D eigenvalue weighted by atomic mass is 16.5. The van der Waals surface area contributed by atoms with Crippen LogP contribution in [0.2, 0.25) is 0 Å². The van der Waals surface area contributed by atoms with Crippen molar-refractivity contribution in [1.82, 2.24) is 10.6 Å². The van der Waals surface area contributed by atoms with E-state index in [-0.39, 0.29) is 5.97 Å². The maximum Gasteiger partial charge on any atom is 0.338 e. The fraction of sp³-hybridized carbons (Fsp3) is 0.500. The summed E-state index contributed by atoms with van der Waals surface area (Å²) in [6.45, 7) is 6.61. The molecule has 96 valence electrons. The summed E-state index contributed by atoms with van der Waals surface area (Å²) in [6.07, 6.45) is 0. The van der Waals surface area contributed by atoms with E-state index in [2.05, 4.69) is 30.5 Å². The molecule has 3 rings (SSSR count). The highest BCUT2D eigenvalue weighted by Gasteiger charge is 2.27. The van der Waals surface area contributed by atoms with Crippen LogP contribution in [0.15, 0.2) is 12.1 Å². The van der Waals surface area contributed by atoms with E-state index >= 15 is 0 Å². The summed E-state index contributed by atoms with van der Waals surface area (Å²) in [6, 6.07) is 4.73. The van der Waals surface area contributed by atoms with Gasteiger partial charge < -0.3 is 15.4 Å². The van der Waals surface area contributed by atoms with Crippen LogP contribution in [-0.4, -0.2) is 25.1 Å². The minimum Gasteiger partial charge on any atom is -0.457 e. The Morgan fingerprint density at radius 3 is 2.94 bits per heavy atom. The topological polar surface area (TPSA) is 50.4 Å². The molecule has 0 aromatic heterocycles. The molecule has 1 saturated heterocycles. The van der Waals surface area contributed by atoms with Crippen LogP contribution < -0.4 is 10.6 Å². The summed E-state index contributed by atoms with van der Waals surface area (Å²) in [5, 5.41) is 7.01. The smallest absolute Gasteiger partial charge is 0.338 e. The number of hydrogen-bond donors (Lipinski definition) is 2. The molecule has 2 unspecified atom stereocenters. The fourth-order valence-electron chi connectivity index (χ4n) is 2.85. The summed E-state index contributed by atoms with van der Waals surface area (Å²) in [4.78, 5) is 11.5. The van der Waals surface area contributed by atoms with Crippen molar-refractivity contribution in [2.24, 2.45) is 0 Å². The number of piperazine rings is 1. The number of carbonyl (C=O) groups is 1. The first-order valence-electron chi connectivity index (χ1n) is 6.43. The molecular weight excluding hydrogens is 228 g/mol. The monoisotopic (exact) mass is 246 g/mol. The summed E-state index contributed by atoms with van der Waals surface area (Å²) >= 11 is 0. The van der Waals surface area contributed by atoms with E-state index in [0.717, 1.165) is 24.2 Å². The van der Waals surface area contributed by atoms with Crippen molar-refractivity contribution in [2.75, 3.05) is 13.1 Å². The summed E-state index contributed by atoms with van der Waals surface area (Å²) < 4.78 is 5.09. The van der Waals surface area contributed by atoms with Crippen LogP contribution in [0.25, 0.3) is 0 Å². The number of ether oxygens (including phenoxy) is 1. The van der Waals surface area contributed by atoms with Crippen molar-refractivity contribution in [3.63, 3.8) is 0 Å². The van der Waals surface area contributed by atoms with Gasteiger partial charge in [-0.25, -0.2) is 4.79 Å². The summed E-state index contributed by atoms with van der Waals surface area (Å²) in [7, 11) is 0. The zero-order chi connectivity index (χ0) is 12.7. The number of carbonyl (C=O) groups excluding carboxylic acids is 1. The van der Waals surface area contributed by atoms with Gasteiger partial charge in [0.05, 0.1) is 5.56 Å². The lowest BCUT2D eigenvalue weighted by Crippen LogP contribution is -2.48. The van der Waals surface area contributed by atoms with E-state index in [1.165, 1.54) is 11.1 Å². The van der Waals surface area contributed by atoms with Crippen molar-refractivity contribution in [3.05, 3.63) is 34.4 Å². The lowest BCUT2D eigenvalue weighted by Gasteiger charge is -2.31. The van der Waals surface area contributed by atoms with Crippen molar-refractivity contribution in [1.29, 1.82) is 0 Å². The van der Waals surface area contributed by atoms with E-state index in [1.807, 2.05) is 6.07 Å². The van der Waals surface area contributed by atoms with Crippen LogP contribution in [0, 0.1) is 6.92 Å². The molecule has 1 aromatic rings. The van der Waals surface area contributed by atoms with Gasteiger partial charge in [-0.15, -0.1) is 0 Å². The number of rotatable bonds is 1. The molecule has 2 aliphatic rings. The van der Waals surface area contributed by atoms with Gasteiger partial charge >= 0.3 is 5.97 Å². The average Bonchev–Trinajstić information content (AvgIpc) is 2.73. The predicted molar refractivity (Wildman–Crippen MR) is 68.5 cm³/mol. The molecule has 0 radical (unpaired) electrons. The molecule has 2 atom stereocenters. The minimum atomic E-state index is -0.192.